The summed E-state index contributed by atoms with van der Waals surface area (Å²) in [4.78, 5) is 26.9. The van der Waals surface area contributed by atoms with E-state index in [0.717, 1.165) is 27.0 Å². The van der Waals surface area contributed by atoms with Gasteiger partial charge in [-0.2, -0.15) is 0 Å². The van der Waals surface area contributed by atoms with Gasteiger partial charge in [-0.15, -0.1) is 0 Å². The molecule has 7 nitrogen and oxygen atoms in total. The minimum atomic E-state index is -1.78. The first-order valence-electron chi connectivity index (χ1n) is 11.0. The molecule has 0 aliphatic carbocycles. The molecule has 0 radical (unpaired) electrons. The van der Waals surface area contributed by atoms with Gasteiger partial charge in [0.2, 0.25) is 0 Å². The Morgan fingerprint density at radius 3 is 2.28 bits per heavy atom. The summed E-state index contributed by atoms with van der Waals surface area (Å²) in [6.07, 6.45) is 0. The fourth-order valence-corrected chi connectivity index (χ4v) is 4.54. The highest BCUT2D eigenvalue weighted by Gasteiger charge is 2.24. The van der Waals surface area contributed by atoms with Crippen molar-refractivity contribution in [2.24, 2.45) is 0 Å². The zero-order valence-electron chi connectivity index (χ0n) is 18.7. The van der Waals surface area contributed by atoms with E-state index in [0.29, 0.717) is 32.0 Å². The maximum absolute atomic E-state index is 15.2. The van der Waals surface area contributed by atoms with E-state index in [4.69, 9.17) is 16.3 Å². The van der Waals surface area contributed by atoms with Crippen LogP contribution >= 0.6 is 11.6 Å². The SMILES string of the molecule is O=C(O)c1c(F)ccc(Cn2c(=O)n(-c3ccc(N4CCOCC4)cc3)c3c(F)c(Cl)ccc32)c1F. The van der Waals surface area contributed by atoms with E-state index in [2.05, 4.69) is 4.90 Å². The van der Waals surface area contributed by atoms with Gasteiger partial charge in [0.15, 0.2) is 5.82 Å². The Balaban J connectivity index is 1.64. The fraction of sp³-hybridized carbons (Fsp3) is 0.200. The van der Waals surface area contributed by atoms with Gasteiger partial charge in [0.25, 0.3) is 0 Å². The summed E-state index contributed by atoms with van der Waals surface area (Å²) in [6.45, 7) is 2.17. The van der Waals surface area contributed by atoms with Crippen molar-refractivity contribution >= 4 is 34.3 Å². The summed E-state index contributed by atoms with van der Waals surface area (Å²) in [5.41, 5.74) is -0.817. The Morgan fingerprint density at radius 2 is 1.61 bits per heavy atom. The number of imidazole rings is 1. The van der Waals surface area contributed by atoms with Crippen LogP contribution in [-0.4, -0.2) is 46.5 Å². The summed E-state index contributed by atoms with van der Waals surface area (Å²) in [5.74, 6) is -5.16. The van der Waals surface area contributed by atoms with Crippen LogP contribution in [0.15, 0.2) is 53.3 Å². The minimum absolute atomic E-state index is 0.111. The van der Waals surface area contributed by atoms with Gasteiger partial charge in [-0.05, 0) is 42.5 Å². The minimum Gasteiger partial charge on any atom is -0.477 e. The molecule has 5 rings (SSSR count). The highest BCUT2D eigenvalue weighted by Crippen LogP contribution is 2.28. The van der Waals surface area contributed by atoms with Crippen LogP contribution in [0.4, 0.5) is 18.9 Å². The van der Waals surface area contributed by atoms with Crippen LogP contribution in [0.2, 0.25) is 5.02 Å². The van der Waals surface area contributed by atoms with Crippen molar-refractivity contribution in [2.75, 3.05) is 31.2 Å². The lowest BCUT2D eigenvalue weighted by Gasteiger charge is -2.28. The normalized spacial score (nSPS) is 13.9. The third-order valence-electron chi connectivity index (χ3n) is 6.18. The number of carboxylic acids is 1. The fourth-order valence-electron chi connectivity index (χ4n) is 4.39. The molecule has 0 amide bonds. The highest BCUT2D eigenvalue weighted by atomic mass is 35.5. The highest BCUT2D eigenvalue weighted by molar-refractivity contribution is 6.31. The number of hydrogen-bond acceptors (Lipinski definition) is 4. The first-order valence-corrected chi connectivity index (χ1v) is 11.4. The van der Waals surface area contributed by atoms with E-state index in [1.165, 1.54) is 12.1 Å². The zero-order valence-corrected chi connectivity index (χ0v) is 19.4. The van der Waals surface area contributed by atoms with Gasteiger partial charge < -0.3 is 14.7 Å². The molecule has 0 spiro atoms. The van der Waals surface area contributed by atoms with Gasteiger partial charge >= 0.3 is 11.7 Å². The largest absolute Gasteiger partial charge is 0.477 e. The van der Waals surface area contributed by atoms with Crippen LogP contribution in [-0.2, 0) is 11.3 Å². The number of nitrogens with zero attached hydrogens (tertiary/aromatic N) is 3. The van der Waals surface area contributed by atoms with Crippen LogP contribution < -0.4 is 10.6 Å². The number of benzene rings is 3. The molecule has 0 unspecified atom stereocenters. The molecular formula is C25H19ClF3N3O4. The first kappa shape index (κ1) is 24.0. The Morgan fingerprint density at radius 1 is 0.944 bits per heavy atom. The Bertz CT molecular complexity index is 1540. The number of ether oxygens (including phenoxy) is 1. The monoisotopic (exact) mass is 517 g/mol. The lowest BCUT2D eigenvalue weighted by molar-refractivity contribution is 0.0686. The molecule has 1 fully saturated rings. The number of halogens is 4. The van der Waals surface area contributed by atoms with E-state index in [1.54, 1.807) is 24.3 Å². The number of anilines is 1. The van der Waals surface area contributed by atoms with Crippen molar-refractivity contribution in [1.29, 1.82) is 0 Å². The molecule has 3 aromatic carbocycles. The molecule has 1 aromatic heterocycles. The van der Waals surface area contributed by atoms with Crippen LogP contribution in [0.1, 0.15) is 15.9 Å². The Labute approximate surface area is 207 Å². The van der Waals surface area contributed by atoms with Crippen molar-refractivity contribution < 1.29 is 27.8 Å². The molecular weight excluding hydrogens is 499 g/mol. The third-order valence-corrected chi connectivity index (χ3v) is 6.47. The second kappa shape index (κ2) is 9.36. The quantitative estimate of drug-likeness (QED) is 0.423. The number of fused-ring (bicyclic) bond motifs is 1. The molecule has 1 aliphatic rings. The van der Waals surface area contributed by atoms with Gasteiger partial charge in [0.1, 0.15) is 22.7 Å². The van der Waals surface area contributed by atoms with Gasteiger partial charge in [-0.3, -0.25) is 9.13 Å². The summed E-state index contributed by atoms with van der Waals surface area (Å²) in [5, 5.41) is 8.96. The predicted octanol–water partition coefficient (Wildman–Crippen LogP) is 4.45. The lowest BCUT2D eigenvalue weighted by Crippen LogP contribution is -2.36. The molecule has 36 heavy (non-hydrogen) atoms. The first-order chi connectivity index (χ1) is 17.3. The lowest BCUT2D eigenvalue weighted by atomic mass is 10.1. The van der Waals surface area contributed by atoms with Crippen LogP contribution in [0.25, 0.3) is 16.7 Å². The zero-order chi connectivity index (χ0) is 25.6. The van der Waals surface area contributed by atoms with E-state index in [1.807, 2.05) is 0 Å². The Kier molecular flexibility index (Phi) is 6.23. The number of aromatic nitrogens is 2. The molecule has 1 N–H and O–H groups in total. The molecule has 2 heterocycles. The number of aromatic carboxylic acids is 1. The predicted molar refractivity (Wildman–Crippen MR) is 128 cm³/mol. The number of hydrogen-bond donors (Lipinski definition) is 1. The number of rotatable bonds is 5. The van der Waals surface area contributed by atoms with Gasteiger partial charge in [-0.25, -0.2) is 22.8 Å². The summed E-state index contributed by atoms with van der Waals surface area (Å²) in [7, 11) is 0. The van der Waals surface area contributed by atoms with Crippen molar-refractivity contribution in [3.8, 4) is 5.69 Å². The molecule has 11 heteroatoms. The third kappa shape index (κ3) is 4.02. The van der Waals surface area contributed by atoms with Crippen LogP contribution in [0, 0.1) is 17.5 Å². The summed E-state index contributed by atoms with van der Waals surface area (Å²) in [6, 6.07) is 11.5. The van der Waals surface area contributed by atoms with Gasteiger partial charge in [-0.1, -0.05) is 17.7 Å². The van der Waals surface area contributed by atoms with Gasteiger partial charge in [0, 0.05) is 24.3 Å². The molecule has 4 aromatic rings. The summed E-state index contributed by atoms with van der Waals surface area (Å²) >= 11 is 6.01. The average molecular weight is 518 g/mol. The Hall–Kier alpha value is -3.76. The van der Waals surface area contributed by atoms with E-state index in [-0.39, 0.29) is 21.6 Å². The molecule has 186 valence electrons. The van der Waals surface area contributed by atoms with Gasteiger partial charge in [0.05, 0.1) is 36.0 Å². The number of carboxylic acid groups (broad SMARTS) is 1. The van der Waals surface area contributed by atoms with Crippen molar-refractivity contribution in [2.45, 2.75) is 6.54 Å². The maximum atomic E-state index is 15.2. The smallest absolute Gasteiger partial charge is 0.341 e. The molecule has 0 atom stereocenters. The van der Waals surface area contributed by atoms with E-state index in [9.17, 15) is 23.5 Å². The molecule has 0 saturated carbocycles. The van der Waals surface area contributed by atoms with E-state index < -0.39 is 41.2 Å². The van der Waals surface area contributed by atoms with Crippen molar-refractivity contribution in [1.82, 2.24) is 9.13 Å². The van der Waals surface area contributed by atoms with Crippen LogP contribution in [0.5, 0.6) is 0 Å². The van der Waals surface area contributed by atoms with Crippen molar-refractivity contribution in [3.63, 3.8) is 0 Å². The second-order valence-electron chi connectivity index (χ2n) is 8.25. The van der Waals surface area contributed by atoms with Crippen LogP contribution in [0.3, 0.4) is 0 Å². The number of carbonyl (C=O) groups is 1. The summed E-state index contributed by atoms with van der Waals surface area (Å²) < 4.78 is 51.5. The molecule has 1 saturated heterocycles. The molecule has 1 aliphatic heterocycles. The molecule has 0 bridgehead atoms. The standard InChI is InChI=1S/C25H19ClF3N3O4/c26-17-6-8-19-23(22(17)29)32(16-4-2-15(3-5-16)30-9-11-36-12-10-30)25(35)31(19)13-14-1-7-18(27)20(21(14)28)24(33)34/h1-8H,9-13H2,(H,33,34). The topological polar surface area (TPSA) is 76.7 Å². The maximum Gasteiger partial charge on any atom is 0.341 e. The number of morpholine rings is 1. The van der Waals surface area contributed by atoms with Crippen molar-refractivity contribution in [3.05, 3.63) is 92.6 Å². The van der Waals surface area contributed by atoms with E-state index >= 15 is 4.39 Å². The second-order valence-corrected chi connectivity index (χ2v) is 8.66. The average Bonchev–Trinajstić information content (AvgIpc) is 3.15.